The molecule has 98 valence electrons. The van der Waals surface area contributed by atoms with Gasteiger partial charge in [-0.1, -0.05) is 6.92 Å². The number of nitrogens with zero attached hydrogens (tertiary/aromatic N) is 1. The van der Waals surface area contributed by atoms with Crippen LogP contribution in [0.25, 0.3) is 0 Å². The molecule has 1 aromatic heterocycles. The summed E-state index contributed by atoms with van der Waals surface area (Å²) in [5.41, 5.74) is -0.414. The minimum Gasteiger partial charge on any atom is -0.391 e. The van der Waals surface area contributed by atoms with Crippen molar-refractivity contribution in [3.63, 3.8) is 0 Å². The van der Waals surface area contributed by atoms with Crippen LogP contribution in [0.1, 0.15) is 32.1 Å². The van der Waals surface area contributed by atoms with E-state index in [9.17, 15) is 8.42 Å². The molecular weight excluding hydrogens is 258 g/mol. The molecule has 4 nitrogen and oxygen atoms in total. The molecule has 0 aliphatic rings. The molecule has 1 aromatic rings. The Hall–Kier alpha value is -0.430. The van der Waals surface area contributed by atoms with Crippen molar-refractivity contribution < 1.29 is 13.5 Å². The molecule has 1 rings (SSSR count). The van der Waals surface area contributed by atoms with Gasteiger partial charge in [0.1, 0.15) is 4.21 Å². The molecule has 0 saturated heterocycles. The van der Waals surface area contributed by atoms with E-state index in [1.165, 1.54) is 4.31 Å². The Kier molecular flexibility index (Phi) is 4.35. The lowest BCUT2D eigenvalue weighted by Crippen LogP contribution is -2.44. The summed E-state index contributed by atoms with van der Waals surface area (Å²) in [5, 5.41) is 8.96. The Balaban J connectivity index is 3.11. The van der Waals surface area contributed by atoms with Crippen molar-refractivity contribution in [2.45, 2.75) is 43.5 Å². The largest absolute Gasteiger partial charge is 0.391 e. The van der Waals surface area contributed by atoms with Crippen LogP contribution in [-0.2, 0) is 16.6 Å². The van der Waals surface area contributed by atoms with Crippen LogP contribution in [0.3, 0.4) is 0 Å². The lowest BCUT2D eigenvalue weighted by atomic mass is 10.0. The molecule has 6 heteroatoms. The molecule has 0 atom stereocenters. The fourth-order valence-corrected chi connectivity index (χ4v) is 4.23. The van der Waals surface area contributed by atoms with Crippen molar-refractivity contribution in [2.24, 2.45) is 0 Å². The van der Waals surface area contributed by atoms with E-state index in [0.717, 1.165) is 17.8 Å². The fraction of sp³-hybridized carbons (Fsp3) is 0.636. The van der Waals surface area contributed by atoms with Crippen molar-refractivity contribution in [3.8, 4) is 0 Å². The molecule has 0 spiro atoms. The molecule has 0 radical (unpaired) electrons. The second-order valence-electron chi connectivity index (χ2n) is 4.52. The number of hydrogen-bond donors (Lipinski definition) is 1. The van der Waals surface area contributed by atoms with Crippen molar-refractivity contribution >= 4 is 21.4 Å². The average molecular weight is 277 g/mol. The standard InChI is InChI=1S/C11H19NO3S2/c1-5-11(2,3)12(4)17(14,15)10-7-6-9(8-13)16-10/h6-7,13H,5,8H2,1-4H3. The highest BCUT2D eigenvalue weighted by molar-refractivity contribution is 7.91. The Bertz CT molecular complexity index is 477. The highest BCUT2D eigenvalue weighted by Crippen LogP contribution is 2.29. The molecule has 1 heterocycles. The summed E-state index contributed by atoms with van der Waals surface area (Å²) < 4.78 is 26.3. The van der Waals surface area contributed by atoms with Crippen molar-refractivity contribution in [1.29, 1.82) is 0 Å². The van der Waals surface area contributed by atoms with E-state index in [1.54, 1.807) is 19.2 Å². The second-order valence-corrected chi connectivity index (χ2v) is 7.88. The van der Waals surface area contributed by atoms with Crippen LogP contribution >= 0.6 is 11.3 Å². The molecule has 0 fully saturated rings. The predicted octanol–water partition coefficient (Wildman–Crippen LogP) is 2.05. The zero-order valence-corrected chi connectivity index (χ0v) is 12.2. The summed E-state index contributed by atoms with van der Waals surface area (Å²) in [7, 11) is -1.86. The normalized spacial score (nSPS) is 13.3. The molecule has 1 N–H and O–H groups in total. The lowest BCUT2D eigenvalue weighted by Gasteiger charge is -2.33. The third kappa shape index (κ3) is 2.88. The van der Waals surface area contributed by atoms with Gasteiger partial charge in [-0.3, -0.25) is 0 Å². The van der Waals surface area contributed by atoms with E-state index in [2.05, 4.69) is 0 Å². The third-order valence-electron chi connectivity index (χ3n) is 3.13. The SMILES string of the molecule is CCC(C)(C)N(C)S(=O)(=O)c1ccc(CO)s1. The van der Waals surface area contributed by atoms with E-state index in [0.29, 0.717) is 4.88 Å². The first-order valence-corrected chi connectivity index (χ1v) is 7.70. The van der Waals surface area contributed by atoms with E-state index in [4.69, 9.17) is 5.11 Å². The smallest absolute Gasteiger partial charge is 0.252 e. The molecule has 0 saturated carbocycles. The van der Waals surface area contributed by atoms with Gasteiger partial charge in [-0.15, -0.1) is 11.3 Å². The molecular formula is C11H19NO3S2. The minimum absolute atomic E-state index is 0.124. The summed E-state index contributed by atoms with van der Waals surface area (Å²) in [6, 6.07) is 3.19. The second kappa shape index (κ2) is 5.06. The van der Waals surface area contributed by atoms with Gasteiger partial charge in [0.05, 0.1) is 6.61 Å². The molecule has 0 aliphatic carbocycles. The summed E-state index contributed by atoms with van der Waals surface area (Å²) in [6.45, 7) is 5.62. The summed E-state index contributed by atoms with van der Waals surface area (Å²) >= 11 is 1.12. The van der Waals surface area contributed by atoms with Crippen LogP contribution in [0.5, 0.6) is 0 Å². The maximum atomic E-state index is 12.3. The first-order valence-electron chi connectivity index (χ1n) is 5.44. The molecule has 17 heavy (non-hydrogen) atoms. The summed E-state index contributed by atoms with van der Waals surface area (Å²) in [5.74, 6) is 0. The minimum atomic E-state index is -3.46. The predicted molar refractivity (Wildman–Crippen MR) is 69.6 cm³/mol. The van der Waals surface area contributed by atoms with Gasteiger partial charge in [0.15, 0.2) is 0 Å². The van der Waals surface area contributed by atoms with Gasteiger partial charge in [0.2, 0.25) is 0 Å². The van der Waals surface area contributed by atoms with Crippen LogP contribution in [0.15, 0.2) is 16.3 Å². The van der Waals surface area contributed by atoms with E-state index < -0.39 is 15.6 Å². The summed E-state index contributed by atoms with van der Waals surface area (Å²) in [4.78, 5) is 0.659. The van der Waals surface area contributed by atoms with Crippen molar-refractivity contribution in [3.05, 3.63) is 17.0 Å². The third-order valence-corrected chi connectivity index (χ3v) is 6.73. The topological polar surface area (TPSA) is 57.6 Å². The quantitative estimate of drug-likeness (QED) is 0.896. The summed E-state index contributed by atoms with van der Waals surface area (Å²) in [6.07, 6.45) is 0.737. The number of aliphatic hydroxyl groups is 1. The van der Waals surface area contributed by atoms with Crippen LogP contribution in [0, 0.1) is 0 Å². The molecule has 0 bridgehead atoms. The highest BCUT2D eigenvalue weighted by Gasteiger charge is 2.33. The van der Waals surface area contributed by atoms with Crippen LogP contribution in [0.4, 0.5) is 0 Å². The zero-order valence-electron chi connectivity index (χ0n) is 10.6. The van der Waals surface area contributed by atoms with Gasteiger partial charge in [-0.05, 0) is 32.4 Å². The Labute approximate surface area is 107 Å². The van der Waals surface area contributed by atoms with Gasteiger partial charge in [0.25, 0.3) is 10.0 Å². The average Bonchev–Trinajstić information content (AvgIpc) is 2.77. The highest BCUT2D eigenvalue weighted by atomic mass is 32.2. The number of aliphatic hydroxyl groups excluding tert-OH is 1. The van der Waals surface area contributed by atoms with E-state index >= 15 is 0 Å². The van der Waals surface area contributed by atoms with E-state index in [1.807, 2.05) is 20.8 Å². The van der Waals surface area contributed by atoms with Crippen LogP contribution in [0.2, 0.25) is 0 Å². The van der Waals surface area contributed by atoms with Gasteiger partial charge >= 0.3 is 0 Å². The Morgan fingerprint density at radius 1 is 1.41 bits per heavy atom. The Morgan fingerprint density at radius 2 is 2.00 bits per heavy atom. The van der Waals surface area contributed by atoms with E-state index in [-0.39, 0.29) is 10.8 Å². The molecule has 0 amide bonds. The lowest BCUT2D eigenvalue weighted by molar-refractivity contribution is 0.257. The van der Waals surface area contributed by atoms with Crippen LogP contribution in [-0.4, -0.2) is 30.4 Å². The van der Waals surface area contributed by atoms with Gasteiger partial charge < -0.3 is 5.11 Å². The van der Waals surface area contributed by atoms with Gasteiger partial charge in [0, 0.05) is 17.5 Å². The number of rotatable bonds is 5. The maximum absolute atomic E-state index is 12.3. The van der Waals surface area contributed by atoms with Crippen LogP contribution < -0.4 is 0 Å². The molecule has 0 aliphatic heterocycles. The number of hydrogen-bond acceptors (Lipinski definition) is 4. The fourth-order valence-electron chi connectivity index (χ4n) is 1.26. The van der Waals surface area contributed by atoms with Crippen molar-refractivity contribution in [1.82, 2.24) is 4.31 Å². The van der Waals surface area contributed by atoms with Gasteiger partial charge in [-0.2, -0.15) is 4.31 Å². The molecule has 0 aromatic carbocycles. The zero-order chi connectivity index (χ0) is 13.3. The first kappa shape index (κ1) is 14.6. The maximum Gasteiger partial charge on any atom is 0.252 e. The number of sulfonamides is 1. The monoisotopic (exact) mass is 277 g/mol. The first-order chi connectivity index (χ1) is 7.75. The van der Waals surface area contributed by atoms with Gasteiger partial charge in [-0.25, -0.2) is 8.42 Å². The number of thiophene rings is 1. The Morgan fingerprint density at radius 3 is 2.41 bits per heavy atom. The molecule has 0 unspecified atom stereocenters. The van der Waals surface area contributed by atoms with Crippen molar-refractivity contribution in [2.75, 3.05) is 7.05 Å².